The van der Waals surface area contributed by atoms with Crippen molar-refractivity contribution in [2.24, 2.45) is 0 Å². The average molecular weight is 336 g/mol. The van der Waals surface area contributed by atoms with E-state index >= 15 is 0 Å². The lowest BCUT2D eigenvalue weighted by atomic mass is 10.1. The van der Waals surface area contributed by atoms with Gasteiger partial charge in [-0.3, -0.25) is 4.79 Å². The van der Waals surface area contributed by atoms with Crippen molar-refractivity contribution in [1.82, 2.24) is 0 Å². The Labute approximate surface area is 106 Å². The van der Waals surface area contributed by atoms with Gasteiger partial charge < -0.3 is 4.74 Å². The normalized spacial score (nSPS) is 10.1. The molecule has 0 amide bonds. The van der Waals surface area contributed by atoms with E-state index in [9.17, 15) is 4.79 Å². The molecule has 1 aromatic carbocycles. The van der Waals surface area contributed by atoms with Crippen molar-refractivity contribution in [2.45, 2.75) is 20.3 Å². The lowest BCUT2D eigenvalue weighted by Crippen LogP contribution is -2.08. The monoisotopic (exact) mass is 334 g/mol. The summed E-state index contributed by atoms with van der Waals surface area (Å²) in [6, 6.07) is 3.92. The minimum Gasteiger partial charge on any atom is -0.466 e. The summed E-state index contributed by atoms with van der Waals surface area (Å²) in [4.78, 5) is 11.3. The Bertz CT molecular complexity index is 375. The van der Waals surface area contributed by atoms with Gasteiger partial charge in [-0.25, -0.2) is 0 Å². The smallest absolute Gasteiger partial charge is 0.310 e. The summed E-state index contributed by atoms with van der Waals surface area (Å²) >= 11 is 6.87. The van der Waals surface area contributed by atoms with Crippen LogP contribution in [0.15, 0.2) is 21.1 Å². The van der Waals surface area contributed by atoms with Gasteiger partial charge in [0.1, 0.15) is 0 Å². The molecule has 0 fully saturated rings. The Balaban J connectivity index is 2.89. The summed E-state index contributed by atoms with van der Waals surface area (Å²) < 4.78 is 6.85. The van der Waals surface area contributed by atoms with Crippen molar-refractivity contribution in [3.8, 4) is 0 Å². The topological polar surface area (TPSA) is 26.3 Å². The molecule has 0 aliphatic heterocycles. The number of benzene rings is 1. The Morgan fingerprint density at radius 1 is 1.40 bits per heavy atom. The summed E-state index contributed by atoms with van der Waals surface area (Å²) in [5.41, 5.74) is 2.05. The molecule has 0 saturated heterocycles. The molecule has 0 aliphatic rings. The second-order valence-corrected chi connectivity index (χ2v) is 4.89. The number of hydrogen-bond donors (Lipinski definition) is 0. The Kier molecular flexibility index (Phi) is 4.80. The molecule has 0 spiro atoms. The van der Waals surface area contributed by atoms with Gasteiger partial charge in [-0.15, -0.1) is 0 Å². The highest BCUT2D eigenvalue weighted by molar-refractivity contribution is 9.11. The summed E-state index contributed by atoms with van der Waals surface area (Å²) in [7, 11) is 0. The van der Waals surface area contributed by atoms with E-state index in [2.05, 4.69) is 31.9 Å². The van der Waals surface area contributed by atoms with Crippen LogP contribution in [0.1, 0.15) is 18.1 Å². The first-order chi connectivity index (χ1) is 7.04. The first kappa shape index (κ1) is 12.7. The second-order valence-electron chi connectivity index (χ2n) is 3.18. The molecule has 0 bridgehead atoms. The first-order valence-corrected chi connectivity index (χ1v) is 6.23. The van der Waals surface area contributed by atoms with Gasteiger partial charge in [0, 0.05) is 8.95 Å². The van der Waals surface area contributed by atoms with Crippen LogP contribution in [0.3, 0.4) is 0 Å². The molecule has 15 heavy (non-hydrogen) atoms. The zero-order chi connectivity index (χ0) is 11.4. The lowest BCUT2D eigenvalue weighted by molar-refractivity contribution is -0.142. The van der Waals surface area contributed by atoms with Gasteiger partial charge in [-0.2, -0.15) is 0 Å². The van der Waals surface area contributed by atoms with Crippen LogP contribution in [-0.4, -0.2) is 12.6 Å². The fourth-order valence-corrected chi connectivity index (χ4v) is 2.28. The van der Waals surface area contributed by atoms with Gasteiger partial charge in [0.2, 0.25) is 0 Å². The highest BCUT2D eigenvalue weighted by atomic mass is 79.9. The largest absolute Gasteiger partial charge is 0.466 e. The van der Waals surface area contributed by atoms with Gasteiger partial charge in [0.05, 0.1) is 13.0 Å². The zero-order valence-electron chi connectivity index (χ0n) is 8.64. The van der Waals surface area contributed by atoms with E-state index in [1.807, 2.05) is 19.1 Å². The van der Waals surface area contributed by atoms with Crippen LogP contribution in [-0.2, 0) is 16.0 Å². The summed E-state index contributed by atoms with van der Waals surface area (Å²) in [5, 5.41) is 0. The maximum absolute atomic E-state index is 11.3. The van der Waals surface area contributed by atoms with Crippen molar-refractivity contribution in [3.63, 3.8) is 0 Å². The van der Waals surface area contributed by atoms with E-state index in [0.717, 1.165) is 20.1 Å². The van der Waals surface area contributed by atoms with Crippen LogP contribution in [0, 0.1) is 6.92 Å². The highest BCUT2D eigenvalue weighted by Crippen LogP contribution is 2.26. The molecule has 1 aromatic rings. The Morgan fingerprint density at radius 2 is 2.07 bits per heavy atom. The predicted molar refractivity (Wildman–Crippen MR) is 66.9 cm³/mol. The SMILES string of the molecule is CCOC(=O)Cc1cc(Br)cc(C)c1Br. The summed E-state index contributed by atoms with van der Waals surface area (Å²) in [6.07, 6.45) is 0.300. The molecule has 0 heterocycles. The molecular formula is C11H12Br2O2. The number of hydrogen-bond acceptors (Lipinski definition) is 2. The van der Waals surface area contributed by atoms with E-state index < -0.39 is 0 Å². The maximum Gasteiger partial charge on any atom is 0.310 e. The number of rotatable bonds is 3. The number of carbonyl (C=O) groups is 1. The van der Waals surface area contributed by atoms with Crippen LogP contribution in [0.4, 0.5) is 0 Å². The molecule has 0 radical (unpaired) electrons. The van der Waals surface area contributed by atoms with Gasteiger partial charge in [-0.05, 0) is 37.1 Å². The van der Waals surface area contributed by atoms with Crippen molar-refractivity contribution < 1.29 is 9.53 Å². The number of carbonyl (C=O) groups excluding carboxylic acids is 1. The van der Waals surface area contributed by atoms with Gasteiger partial charge >= 0.3 is 5.97 Å². The minimum atomic E-state index is -0.198. The summed E-state index contributed by atoms with van der Waals surface area (Å²) in [6.45, 7) is 4.21. The first-order valence-electron chi connectivity index (χ1n) is 4.64. The van der Waals surface area contributed by atoms with Gasteiger partial charge in [-0.1, -0.05) is 31.9 Å². The van der Waals surface area contributed by atoms with Crippen molar-refractivity contribution in [3.05, 3.63) is 32.2 Å². The van der Waals surface area contributed by atoms with Crippen LogP contribution in [0.5, 0.6) is 0 Å². The Morgan fingerprint density at radius 3 is 2.67 bits per heavy atom. The fraction of sp³-hybridized carbons (Fsp3) is 0.364. The van der Waals surface area contributed by atoms with Crippen LogP contribution in [0.25, 0.3) is 0 Å². The minimum absolute atomic E-state index is 0.198. The molecule has 2 nitrogen and oxygen atoms in total. The third kappa shape index (κ3) is 3.61. The van der Waals surface area contributed by atoms with Gasteiger partial charge in [0.15, 0.2) is 0 Å². The lowest BCUT2D eigenvalue weighted by Gasteiger charge is -2.07. The molecule has 0 aromatic heterocycles. The second kappa shape index (κ2) is 5.66. The molecule has 0 unspecified atom stereocenters. The van der Waals surface area contributed by atoms with E-state index in [1.165, 1.54) is 0 Å². The maximum atomic E-state index is 11.3. The zero-order valence-corrected chi connectivity index (χ0v) is 11.8. The molecule has 1 rings (SSSR count). The van der Waals surface area contributed by atoms with Gasteiger partial charge in [0.25, 0.3) is 0 Å². The van der Waals surface area contributed by atoms with Crippen molar-refractivity contribution in [2.75, 3.05) is 6.61 Å². The van der Waals surface area contributed by atoms with Crippen LogP contribution in [0.2, 0.25) is 0 Å². The van der Waals surface area contributed by atoms with Crippen LogP contribution < -0.4 is 0 Å². The molecule has 0 atom stereocenters. The fourth-order valence-electron chi connectivity index (χ4n) is 1.29. The van der Waals surface area contributed by atoms with Crippen molar-refractivity contribution in [1.29, 1.82) is 0 Å². The summed E-state index contributed by atoms with van der Waals surface area (Å²) in [5.74, 6) is -0.198. The molecule has 0 saturated carbocycles. The number of aryl methyl sites for hydroxylation is 1. The molecule has 82 valence electrons. The number of halogens is 2. The predicted octanol–water partition coefficient (Wildman–Crippen LogP) is 3.63. The van der Waals surface area contributed by atoms with E-state index in [1.54, 1.807) is 6.92 Å². The van der Waals surface area contributed by atoms with Crippen LogP contribution >= 0.6 is 31.9 Å². The number of esters is 1. The Hall–Kier alpha value is -0.350. The van der Waals surface area contributed by atoms with Crippen molar-refractivity contribution >= 4 is 37.8 Å². The van der Waals surface area contributed by atoms with E-state index in [4.69, 9.17) is 4.74 Å². The molecular weight excluding hydrogens is 324 g/mol. The molecule has 4 heteroatoms. The average Bonchev–Trinajstić information content (AvgIpc) is 2.13. The molecule has 0 aliphatic carbocycles. The van der Waals surface area contributed by atoms with E-state index in [0.29, 0.717) is 13.0 Å². The molecule has 0 N–H and O–H groups in total. The standard InChI is InChI=1S/C11H12Br2O2/c1-3-15-10(14)6-8-5-9(12)4-7(2)11(8)13/h4-5H,3,6H2,1-2H3. The quantitative estimate of drug-likeness (QED) is 0.788. The third-order valence-corrected chi connectivity index (χ3v) is 3.53. The third-order valence-electron chi connectivity index (χ3n) is 1.93. The van der Waals surface area contributed by atoms with E-state index in [-0.39, 0.29) is 5.97 Å². The highest BCUT2D eigenvalue weighted by Gasteiger charge is 2.10. The number of ether oxygens (including phenoxy) is 1.